The molecule has 1 fully saturated rings. The van der Waals surface area contributed by atoms with Crippen molar-refractivity contribution in [3.8, 4) is 5.75 Å². The van der Waals surface area contributed by atoms with Crippen molar-refractivity contribution in [1.82, 2.24) is 9.62 Å². The fraction of sp³-hybridized carbons (Fsp3) is 0.391. The van der Waals surface area contributed by atoms with Gasteiger partial charge in [0.25, 0.3) is 0 Å². The minimum absolute atomic E-state index is 0.00964. The van der Waals surface area contributed by atoms with Gasteiger partial charge in [-0.2, -0.15) is 4.31 Å². The van der Waals surface area contributed by atoms with E-state index < -0.39 is 28.0 Å². The van der Waals surface area contributed by atoms with Crippen LogP contribution in [0.25, 0.3) is 0 Å². The molecule has 1 aliphatic heterocycles. The van der Waals surface area contributed by atoms with E-state index >= 15 is 0 Å². The molecule has 1 atom stereocenters. The predicted molar refractivity (Wildman–Crippen MR) is 125 cm³/mol. The molecule has 178 valence electrons. The van der Waals surface area contributed by atoms with Crippen LogP contribution in [0.3, 0.4) is 0 Å². The molecule has 1 unspecified atom stereocenters. The van der Waals surface area contributed by atoms with Crippen LogP contribution in [0, 0.1) is 6.92 Å². The van der Waals surface area contributed by atoms with Gasteiger partial charge in [-0.05, 0) is 49.1 Å². The first-order valence-electron chi connectivity index (χ1n) is 10.8. The van der Waals surface area contributed by atoms with Gasteiger partial charge >= 0.3 is 6.03 Å². The van der Waals surface area contributed by atoms with E-state index in [2.05, 4.69) is 10.6 Å². The number of aryl methyl sites for hydroxylation is 1. The second-order valence-corrected chi connectivity index (χ2v) is 9.91. The zero-order valence-corrected chi connectivity index (χ0v) is 19.7. The van der Waals surface area contributed by atoms with E-state index in [0.717, 1.165) is 30.4 Å². The Balaban J connectivity index is 1.82. The zero-order chi connectivity index (χ0) is 24.0. The lowest BCUT2D eigenvalue weighted by molar-refractivity contribution is -0.116. The molecule has 0 spiro atoms. The van der Waals surface area contributed by atoms with Crippen LogP contribution in [-0.4, -0.2) is 44.9 Å². The van der Waals surface area contributed by atoms with Crippen LogP contribution in [-0.2, 0) is 14.8 Å². The molecular weight excluding hydrogens is 444 g/mol. The SMILES string of the molecule is COc1ccc(NC(=O)CC(NC(N)=O)c2ccccc2C)cc1S(=O)(=O)N1CCCCC1. The fourth-order valence-corrected chi connectivity index (χ4v) is 5.68. The molecule has 1 aliphatic rings. The molecule has 0 saturated carbocycles. The van der Waals surface area contributed by atoms with E-state index in [4.69, 9.17) is 10.5 Å². The maximum absolute atomic E-state index is 13.2. The summed E-state index contributed by atoms with van der Waals surface area (Å²) in [5.74, 6) is -0.185. The minimum Gasteiger partial charge on any atom is -0.495 e. The van der Waals surface area contributed by atoms with Gasteiger partial charge in [0.15, 0.2) is 0 Å². The molecule has 0 radical (unpaired) electrons. The molecule has 0 aromatic heterocycles. The van der Waals surface area contributed by atoms with Gasteiger partial charge in [0.1, 0.15) is 10.6 Å². The number of nitrogens with two attached hydrogens (primary N) is 1. The van der Waals surface area contributed by atoms with Gasteiger partial charge in [0.2, 0.25) is 15.9 Å². The number of amides is 3. The van der Waals surface area contributed by atoms with Crippen LogP contribution in [0.1, 0.15) is 42.9 Å². The van der Waals surface area contributed by atoms with Crippen LogP contribution in [0.4, 0.5) is 10.5 Å². The summed E-state index contributed by atoms with van der Waals surface area (Å²) in [4.78, 5) is 24.3. The summed E-state index contributed by atoms with van der Waals surface area (Å²) in [5, 5.41) is 5.34. The number of hydrogen-bond donors (Lipinski definition) is 3. The number of sulfonamides is 1. The van der Waals surface area contributed by atoms with Crippen molar-refractivity contribution in [1.29, 1.82) is 0 Å². The van der Waals surface area contributed by atoms with Crippen LogP contribution < -0.4 is 21.1 Å². The van der Waals surface area contributed by atoms with Crippen LogP contribution in [0.5, 0.6) is 5.75 Å². The summed E-state index contributed by atoms with van der Waals surface area (Å²) in [6.45, 7) is 2.79. The Bertz CT molecular complexity index is 1110. The number of nitrogens with one attached hydrogen (secondary N) is 2. The number of hydrogen-bond acceptors (Lipinski definition) is 5. The zero-order valence-electron chi connectivity index (χ0n) is 18.8. The fourth-order valence-electron chi connectivity index (χ4n) is 3.99. The van der Waals surface area contributed by atoms with E-state index in [1.165, 1.54) is 23.5 Å². The summed E-state index contributed by atoms with van der Waals surface area (Å²) in [5.41, 5.74) is 7.31. The molecular formula is C23H30N4O5S. The van der Waals surface area contributed by atoms with Gasteiger partial charge in [-0.25, -0.2) is 13.2 Å². The number of benzene rings is 2. The molecule has 2 aromatic carbocycles. The maximum atomic E-state index is 13.2. The number of carbonyl (C=O) groups is 2. The normalized spacial score (nSPS) is 15.5. The molecule has 3 rings (SSSR count). The van der Waals surface area contributed by atoms with Crippen molar-refractivity contribution < 1.29 is 22.7 Å². The van der Waals surface area contributed by atoms with Crippen molar-refractivity contribution in [3.05, 3.63) is 53.6 Å². The number of piperidine rings is 1. The first kappa shape index (κ1) is 24.5. The van der Waals surface area contributed by atoms with Crippen molar-refractivity contribution in [2.24, 2.45) is 5.73 Å². The Morgan fingerprint density at radius 3 is 2.45 bits per heavy atom. The Hall–Kier alpha value is -3.11. The first-order valence-corrected chi connectivity index (χ1v) is 12.3. The predicted octanol–water partition coefficient (Wildman–Crippen LogP) is 2.92. The molecule has 2 aromatic rings. The van der Waals surface area contributed by atoms with E-state index in [9.17, 15) is 18.0 Å². The highest BCUT2D eigenvalue weighted by atomic mass is 32.2. The van der Waals surface area contributed by atoms with Gasteiger partial charge in [-0.1, -0.05) is 30.7 Å². The monoisotopic (exact) mass is 474 g/mol. The summed E-state index contributed by atoms with van der Waals surface area (Å²) in [6.07, 6.45) is 2.55. The second kappa shape index (κ2) is 10.7. The molecule has 9 nitrogen and oxygen atoms in total. The summed E-state index contributed by atoms with van der Waals surface area (Å²) in [6, 6.07) is 10.5. The molecule has 1 saturated heterocycles. The van der Waals surface area contributed by atoms with Crippen molar-refractivity contribution in [3.63, 3.8) is 0 Å². The second-order valence-electron chi connectivity index (χ2n) is 8.00. The number of methoxy groups -OCH3 is 1. The number of rotatable bonds is 8. The molecule has 0 aliphatic carbocycles. The molecule has 33 heavy (non-hydrogen) atoms. The largest absolute Gasteiger partial charge is 0.495 e. The number of ether oxygens (including phenoxy) is 1. The Morgan fingerprint density at radius 2 is 1.82 bits per heavy atom. The number of nitrogens with zero attached hydrogens (tertiary/aromatic N) is 1. The topological polar surface area (TPSA) is 131 Å². The third-order valence-corrected chi connectivity index (χ3v) is 7.57. The van der Waals surface area contributed by atoms with Gasteiger partial charge in [0.05, 0.1) is 19.6 Å². The van der Waals surface area contributed by atoms with Crippen molar-refractivity contribution >= 4 is 27.6 Å². The molecule has 1 heterocycles. The van der Waals surface area contributed by atoms with Crippen molar-refractivity contribution in [2.75, 3.05) is 25.5 Å². The Morgan fingerprint density at radius 1 is 1.12 bits per heavy atom. The average Bonchev–Trinajstić information content (AvgIpc) is 2.79. The lowest BCUT2D eigenvalue weighted by Crippen LogP contribution is -2.36. The third kappa shape index (κ3) is 6.02. The van der Waals surface area contributed by atoms with Crippen LogP contribution in [0.15, 0.2) is 47.4 Å². The summed E-state index contributed by atoms with van der Waals surface area (Å²) in [7, 11) is -2.36. The Labute approximate surface area is 194 Å². The summed E-state index contributed by atoms with van der Waals surface area (Å²) >= 11 is 0. The number of urea groups is 1. The quantitative estimate of drug-likeness (QED) is 0.541. The Kier molecular flexibility index (Phi) is 7.93. The van der Waals surface area contributed by atoms with Crippen LogP contribution >= 0.6 is 0 Å². The lowest BCUT2D eigenvalue weighted by atomic mass is 9.98. The van der Waals surface area contributed by atoms with E-state index in [0.29, 0.717) is 18.8 Å². The molecule has 4 N–H and O–H groups in total. The van der Waals surface area contributed by atoms with Crippen LogP contribution in [0.2, 0.25) is 0 Å². The van der Waals surface area contributed by atoms with E-state index in [1.807, 2.05) is 31.2 Å². The number of anilines is 1. The molecule has 0 bridgehead atoms. The van der Waals surface area contributed by atoms with Gasteiger partial charge in [-0.15, -0.1) is 0 Å². The number of carbonyl (C=O) groups excluding carboxylic acids is 2. The molecule has 3 amide bonds. The van der Waals surface area contributed by atoms with Gasteiger partial charge in [0, 0.05) is 18.8 Å². The van der Waals surface area contributed by atoms with E-state index in [1.54, 1.807) is 6.07 Å². The number of primary amides is 1. The van der Waals surface area contributed by atoms with Gasteiger partial charge in [-0.3, -0.25) is 4.79 Å². The standard InChI is InChI=1S/C23H30N4O5S/c1-16-8-4-5-9-18(16)19(26-23(24)29)15-22(28)25-17-10-11-20(32-2)21(14-17)33(30,31)27-12-6-3-7-13-27/h4-5,8-11,14,19H,3,6-7,12-13,15H2,1-2H3,(H,25,28)(H3,24,26,29). The minimum atomic E-state index is -3.77. The smallest absolute Gasteiger partial charge is 0.312 e. The van der Waals surface area contributed by atoms with E-state index in [-0.39, 0.29) is 17.1 Å². The molecule has 10 heteroatoms. The third-order valence-electron chi connectivity index (χ3n) is 5.65. The highest BCUT2D eigenvalue weighted by Crippen LogP contribution is 2.31. The maximum Gasteiger partial charge on any atom is 0.312 e. The van der Waals surface area contributed by atoms with Gasteiger partial charge < -0.3 is 21.1 Å². The highest BCUT2D eigenvalue weighted by Gasteiger charge is 2.29. The first-order chi connectivity index (χ1) is 15.7. The highest BCUT2D eigenvalue weighted by molar-refractivity contribution is 7.89. The average molecular weight is 475 g/mol. The van der Waals surface area contributed by atoms with Crippen molar-refractivity contribution in [2.45, 2.75) is 43.5 Å². The summed E-state index contributed by atoms with van der Waals surface area (Å²) < 4.78 is 33.1. The lowest BCUT2D eigenvalue weighted by Gasteiger charge is -2.26.